The maximum absolute atomic E-state index is 10.6. The molecular weight excluding hydrogens is 240 g/mol. The zero-order valence-electron chi connectivity index (χ0n) is 9.83. The molecule has 1 amide bonds. The first-order chi connectivity index (χ1) is 8.13. The van der Waals surface area contributed by atoms with Crippen LogP contribution in [0.4, 0.5) is 0 Å². The Hall–Kier alpha value is -1.26. The molecule has 0 atom stereocenters. The van der Waals surface area contributed by atoms with Crippen LogP contribution in [0.15, 0.2) is 18.2 Å². The third-order valence-corrected chi connectivity index (χ3v) is 2.42. The normalized spacial score (nSPS) is 10.2. The number of hydrogen-bond acceptors (Lipinski definition) is 3. The average molecular weight is 257 g/mol. The van der Waals surface area contributed by atoms with E-state index >= 15 is 0 Å². The number of nitrogens with one attached hydrogen (secondary N) is 1. The molecule has 1 aromatic rings. The third-order valence-electron chi connectivity index (χ3n) is 2.12. The minimum atomic E-state index is -0.519. The first-order valence-corrected chi connectivity index (χ1v) is 5.91. The van der Waals surface area contributed by atoms with Crippen molar-refractivity contribution in [1.82, 2.24) is 5.32 Å². The maximum Gasteiger partial charge on any atom is 0.255 e. The van der Waals surface area contributed by atoms with E-state index in [1.165, 1.54) is 0 Å². The molecule has 0 fully saturated rings. The van der Waals surface area contributed by atoms with E-state index in [-0.39, 0.29) is 6.61 Å². The van der Waals surface area contributed by atoms with Gasteiger partial charge in [-0.3, -0.25) is 4.79 Å². The molecule has 0 aromatic heterocycles. The Labute approximate surface area is 106 Å². The lowest BCUT2D eigenvalue weighted by molar-refractivity contribution is -0.119. The van der Waals surface area contributed by atoms with Crippen LogP contribution >= 0.6 is 11.6 Å². The van der Waals surface area contributed by atoms with Gasteiger partial charge in [-0.2, -0.15) is 0 Å². The molecule has 0 aliphatic rings. The molecule has 0 radical (unpaired) electrons. The summed E-state index contributed by atoms with van der Waals surface area (Å²) in [5.41, 5.74) is 6.06. The van der Waals surface area contributed by atoms with Crippen molar-refractivity contribution in [3.63, 3.8) is 0 Å². The summed E-state index contributed by atoms with van der Waals surface area (Å²) < 4.78 is 5.15. The molecule has 3 N–H and O–H groups in total. The summed E-state index contributed by atoms with van der Waals surface area (Å²) in [4.78, 5) is 10.6. The zero-order chi connectivity index (χ0) is 12.7. The molecule has 1 rings (SSSR count). The van der Waals surface area contributed by atoms with Crippen molar-refractivity contribution in [3.05, 3.63) is 28.8 Å². The molecule has 94 valence electrons. The van der Waals surface area contributed by atoms with E-state index in [1.807, 2.05) is 12.1 Å². The van der Waals surface area contributed by atoms with E-state index in [9.17, 15) is 4.79 Å². The van der Waals surface area contributed by atoms with Gasteiger partial charge in [0, 0.05) is 6.54 Å². The van der Waals surface area contributed by atoms with Gasteiger partial charge in [-0.15, -0.1) is 0 Å². The quantitative estimate of drug-likeness (QED) is 0.730. The number of benzene rings is 1. The fraction of sp³-hybridized carbons (Fsp3) is 0.417. The molecular formula is C12H17ClN2O2. The van der Waals surface area contributed by atoms with Gasteiger partial charge < -0.3 is 15.8 Å². The van der Waals surface area contributed by atoms with Crippen molar-refractivity contribution < 1.29 is 9.53 Å². The van der Waals surface area contributed by atoms with Gasteiger partial charge in [0.1, 0.15) is 5.75 Å². The number of halogens is 1. The Morgan fingerprint density at radius 3 is 2.88 bits per heavy atom. The predicted octanol–water partition coefficient (Wildman–Crippen LogP) is 1.70. The Morgan fingerprint density at radius 2 is 2.29 bits per heavy atom. The Morgan fingerprint density at radius 1 is 1.53 bits per heavy atom. The second kappa shape index (κ2) is 7.14. The van der Waals surface area contributed by atoms with Crippen molar-refractivity contribution in [2.45, 2.75) is 19.9 Å². The number of nitrogens with two attached hydrogens (primary N) is 1. The van der Waals surface area contributed by atoms with Gasteiger partial charge in [-0.05, 0) is 30.7 Å². The molecule has 17 heavy (non-hydrogen) atoms. The maximum atomic E-state index is 10.6. The summed E-state index contributed by atoms with van der Waals surface area (Å²) in [5, 5.41) is 3.76. The summed E-state index contributed by atoms with van der Waals surface area (Å²) >= 11 is 6.02. The van der Waals surface area contributed by atoms with Crippen LogP contribution in [-0.4, -0.2) is 19.1 Å². The zero-order valence-corrected chi connectivity index (χ0v) is 10.6. The molecule has 0 aliphatic heterocycles. The lowest BCUT2D eigenvalue weighted by Gasteiger charge is -2.08. The van der Waals surface area contributed by atoms with Crippen LogP contribution in [0.5, 0.6) is 5.75 Å². The minimum Gasteiger partial charge on any atom is -0.482 e. The first-order valence-electron chi connectivity index (χ1n) is 5.53. The van der Waals surface area contributed by atoms with Crippen LogP contribution in [-0.2, 0) is 11.3 Å². The number of amides is 1. The van der Waals surface area contributed by atoms with Gasteiger partial charge in [-0.1, -0.05) is 24.6 Å². The monoisotopic (exact) mass is 256 g/mol. The summed E-state index contributed by atoms with van der Waals surface area (Å²) in [5.74, 6) is -0.0422. The van der Waals surface area contributed by atoms with Crippen LogP contribution in [0.3, 0.4) is 0 Å². The standard InChI is InChI=1S/C12H17ClN2O2/c1-2-5-15-7-9-3-4-11(10(13)6-9)17-8-12(14)16/h3-4,6,15H,2,5,7-8H2,1H3,(H2,14,16). The molecule has 0 heterocycles. The van der Waals surface area contributed by atoms with Gasteiger partial charge in [0.2, 0.25) is 0 Å². The average Bonchev–Trinajstić information content (AvgIpc) is 2.28. The molecule has 4 nitrogen and oxygen atoms in total. The molecule has 5 heteroatoms. The summed E-state index contributed by atoms with van der Waals surface area (Å²) in [7, 11) is 0. The van der Waals surface area contributed by atoms with Gasteiger partial charge >= 0.3 is 0 Å². The van der Waals surface area contributed by atoms with Crippen molar-refractivity contribution in [2.24, 2.45) is 5.73 Å². The van der Waals surface area contributed by atoms with Crippen molar-refractivity contribution in [2.75, 3.05) is 13.2 Å². The number of carbonyl (C=O) groups is 1. The fourth-order valence-electron chi connectivity index (χ4n) is 1.33. The van der Waals surface area contributed by atoms with Crippen LogP contribution in [0.1, 0.15) is 18.9 Å². The second-order valence-electron chi connectivity index (χ2n) is 3.70. The summed E-state index contributed by atoms with van der Waals surface area (Å²) in [6.45, 7) is 3.69. The Bertz CT molecular complexity index is 383. The van der Waals surface area contributed by atoms with Gasteiger partial charge in [0.15, 0.2) is 6.61 Å². The molecule has 0 spiro atoms. The fourth-order valence-corrected chi connectivity index (χ4v) is 1.59. The molecule has 0 aliphatic carbocycles. The number of ether oxygens (including phenoxy) is 1. The van der Waals surface area contributed by atoms with Gasteiger partial charge in [0.05, 0.1) is 5.02 Å². The van der Waals surface area contributed by atoms with E-state index in [0.717, 1.165) is 25.1 Å². The highest BCUT2D eigenvalue weighted by atomic mass is 35.5. The smallest absolute Gasteiger partial charge is 0.255 e. The number of carbonyl (C=O) groups excluding carboxylic acids is 1. The van der Waals surface area contributed by atoms with Gasteiger partial charge in [0.25, 0.3) is 5.91 Å². The van der Waals surface area contributed by atoms with Crippen LogP contribution in [0.25, 0.3) is 0 Å². The molecule has 0 saturated heterocycles. The SMILES string of the molecule is CCCNCc1ccc(OCC(N)=O)c(Cl)c1. The van der Waals surface area contributed by atoms with Crippen molar-refractivity contribution >= 4 is 17.5 Å². The topological polar surface area (TPSA) is 64.3 Å². The number of hydrogen-bond donors (Lipinski definition) is 2. The van der Waals surface area contributed by atoms with Crippen LogP contribution in [0.2, 0.25) is 5.02 Å². The first kappa shape index (κ1) is 13.8. The Kier molecular flexibility index (Phi) is 5.80. The molecule has 0 bridgehead atoms. The van der Waals surface area contributed by atoms with E-state index in [4.69, 9.17) is 22.1 Å². The minimum absolute atomic E-state index is 0.160. The molecule has 1 aromatic carbocycles. The highest BCUT2D eigenvalue weighted by Crippen LogP contribution is 2.25. The van der Waals surface area contributed by atoms with Crippen LogP contribution < -0.4 is 15.8 Å². The highest BCUT2D eigenvalue weighted by Gasteiger charge is 2.04. The van der Waals surface area contributed by atoms with Gasteiger partial charge in [-0.25, -0.2) is 0 Å². The second-order valence-corrected chi connectivity index (χ2v) is 4.10. The van der Waals surface area contributed by atoms with E-state index in [0.29, 0.717) is 10.8 Å². The summed E-state index contributed by atoms with van der Waals surface area (Å²) in [6, 6.07) is 5.47. The number of rotatable bonds is 7. The molecule has 0 saturated carbocycles. The van der Waals surface area contributed by atoms with Crippen molar-refractivity contribution in [3.8, 4) is 5.75 Å². The largest absolute Gasteiger partial charge is 0.482 e. The highest BCUT2D eigenvalue weighted by molar-refractivity contribution is 6.32. The Balaban J connectivity index is 2.56. The van der Waals surface area contributed by atoms with E-state index in [2.05, 4.69) is 12.2 Å². The summed E-state index contributed by atoms with van der Waals surface area (Å²) in [6.07, 6.45) is 1.09. The van der Waals surface area contributed by atoms with E-state index in [1.54, 1.807) is 6.07 Å². The third kappa shape index (κ3) is 5.06. The van der Waals surface area contributed by atoms with E-state index < -0.39 is 5.91 Å². The lowest BCUT2D eigenvalue weighted by atomic mass is 10.2. The van der Waals surface area contributed by atoms with Crippen molar-refractivity contribution in [1.29, 1.82) is 0 Å². The number of primary amides is 1. The lowest BCUT2D eigenvalue weighted by Crippen LogP contribution is -2.20. The van der Waals surface area contributed by atoms with Crippen LogP contribution in [0, 0.1) is 0 Å². The molecule has 0 unspecified atom stereocenters. The predicted molar refractivity (Wildman–Crippen MR) is 68.1 cm³/mol.